The van der Waals surface area contributed by atoms with Crippen LogP contribution in [0.1, 0.15) is 12.7 Å². The van der Waals surface area contributed by atoms with Crippen LogP contribution < -0.4 is 10.9 Å². The number of benzene rings is 2. The molecule has 1 atom stereocenters. The number of carbonyl (C=O) groups excluding carboxylic acids is 1. The van der Waals surface area contributed by atoms with E-state index in [0.717, 1.165) is 4.31 Å². The van der Waals surface area contributed by atoms with Crippen molar-refractivity contribution in [3.63, 3.8) is 0 Å². The van der Waals surface area contributed by atoms with Crippen molar-refractivity contribution in [2.24, 2.45) is 0 Å². The summed E-state index contributed by atoms with van der Waals surface area (Å²) in [5, 5.41) is 3.27. The molecule has 1 amide bonds. The van der Waals surface area contributed by atoms with Gasteiger partial charge in [-0.15, -0.1) is 0 Å². The van der Waals surface area contributed by atoms with Gasteiger partial charge in [0.25, 0.3) is 5.56 Å². The molecule has 1 aromatic heterocycles. The van der Waals surface area contributed by atoms with Crippen LogP contribution in [0.2, 0.25) is 5.02 Å². The number of rotatable bonds is 7. The maximum Gasteiger partial charge on any atom is 0.258 e. The topological polar surface area (TPSA) is 115 Å². The Kier molecular flexibility index (Phi) is 6.99. The first-order valence-corrected chi connectivity index (χ1v) is 11.5. The molecule has 0 spiro atoms. The van der Waals surface area contributed by atoms with Crippen LogP contribution in [-0.4, -0.2) is 60.7 Å². The van der Waals surface area contributed by atoms with E-state index in [4.69, 9.17) is 11.6 Å². The molecule has 3 aromatic rings. The Morgan fingerprint density at radius 2 is 1.88 bits per heavy atom. The van der Waals surface area contributed by atoms with Crippen molar-refractivity contribution in [1.29, 1.82) is 0 Å². The van der Waals surface area contributed by atoms with Crippen LogP contribution in [0.5, 0.6) is 0 Å². The molecule has 2 N–H and O–H groups in total. The van der Waals surface area contributed by atoms with E-state index in [1.54, 1.807) is 43.1 Å². The van der Waals surface area contributed by atoms with Gasteiger partial charge in [-0.1, -0.05) is 23.7 Å². The van der Waals surface area contributed by atoms with Gasteiger partial charge in [-0.25, -0.2) is 17.7 Å². The van der Waals surface area contributed by atoms with Crippen LogP contribution in [0.15, 0.2) is 52.2 Å². The minimum atomic E-state index is -3.77. The Balaban J connectivity index is 1.75. The van der Waals surface area contributed by atoms with E-state index in [1.807, 2.05) is 0 Å². The maximum atomic E-state index is 12.8. The number of hydrogen-bond acceptors (Lipinski definition) is 6. The van der Waals surface area contributed by atoms with Crippen molar-refractivity contribution in [2.45, 2.75) is 24.4 Å². The Morgan fingerprint density at radius 3 is 2.56 bits per heavy atom. The molecular weight excluding hydrogens is 454 g/mol. The first-order valence-electron chi connectivity index (χ1n) is 9.72. The SMILES string of the molecule is C[C@H](C(=O)Nc1ccc(Cl)c(S(=O)(=O)N(C)C)c1)N(C)Cc1nc2ccccc2c(=O)[nH]1. The number of sulfonamides is 1. The maximum absolute atomic E-state index is 12.8. The molecular formula is C21H24ClN5O4S. The number of carbonyl (C=O) groups is 1. The zero-order valence-corrected chi connectivity index (χ0v) is 19.7. The number of fused-ring (bicyclic) bond motifs is 1. The second kappa shape index (κ2) is 9.37. The molecule has 32 heavy (non-hydrogen) atoms. The highest BCUT2D eigenvalue weighted by molar-refractivity contribution is 7.89. The fourth-order valence-corrected chi connectivity index (χ4v) is 4.40. The summed E-state index contributed by atoms with van der Waals surface area (Å²) in [6, 6.07) is 10.7. The van der Waals surface area contributed by atoms with Crippen LogP contribution in [0.25, 0.3) is 10.9 Å². The van der Waals surface area contributed by atoms with Gasteiger partial charge in [0.1, 0.15) is 10.7 Å². The molecule has 0 saturated heterocycles. The van der Waals surface area contributed by atoms with Crippen molar-refractivity contribution in [2.75, 3.05) is 26.5 Å². The van der Waals surface area contributed by atoms with Gasteiger partial charge in [-0.2, -0.15) is 0 Å². The summed E-state index contributed by atoms with van der Waals surface area (Å²) in [6.07, 6.45) is 0. The van der Waals surface area contributed by atoms with Gasteiger partial charge in [-0.05, 0) is 44.3 Å². The molecule has 0 aliphatic rings. The predicted molar refractivity (Wildman–Crippen MR) is 124 cm³/mol. The quantitative estimate of drug-likeness (QED) is 0.539. The van der Waals surface area contributed by atoms with E-state index < -0.39 is 16.1 Å². The van der Waals surface area contributed by atoms with Gasteiger partial charge < -0.3 is 10.3 Å². The number of hydrogen-bond donors (Lipinski definition) is 2. The van der Waals surface area contributed by atoms with Gasteiger partial charge in [0.15, 0.2) is 0 Å². The molecule has 170 valence electrons. The van der Waals surface area contributed by atoms with Gasteiger partial charge in [0, 0.05) is 19.8 Å². The molecule has 0 saturated carbocycles. The van der Waals surface area contributed by atoms with E-state index in [9.17, 15) is 18.0 Å². The molecule has 0 aliphatic heterocycles. The smallest absolute Gasteiger partial charge is 0.258 e. The lowest BCUT2D eigenvalue weighted by atomic mass is 10.2. The standard InChI is InChI=1S/C21H24ClN5O4S/c1-13(27(4)12-19-24-17-8-6-5-7-15(17)21(29)25-19)20(28)23-14-9-10-16(22)18(11-14)32(30,31)26(2)3/h5-11,13H,12H2,1-4H3,(H,23,28)(H,24,25,29)/t13-/m1/s1. The average molecular weight is 478 g/mol. The summed E-state index contributed by atoms with van der Waals surface area (Å²) < 4.78 is 25.9. The van der Waals surface area contributed by atoms with Gasteiger partial charge in [0.05, 0.1) is 28.5 Å². The Bertz CT molecular complexity index is 1320. The normalized spacial score (nSPS) is 13.0. The second-order valence-electron chi connectivity index (χ2n) is 7.54. The van der Waals surface area contributed by atoms with Gasteiger partial charge >= 0.3 is 0 Å². The van der Waals surface area contributed by atoms with Crippen molar-refractivity contribution < 1.29 is 13.2 Å². The van der Waals surface area contributed by atoms with Gasteiger partial charge in [0.2, 0.25) is 15.9 Å². The highest BCUT2D eigenvalue weighted by atomic mass is 35.5. The number of aromatic amines is 1. The van der Waals surface area contributed by atoms with E-state index in [0.29, 0.717) is 22.4 Å². The van der Waals surface area contributed by atoms with E-state index in [-0.39, 0.29) is 27.9 Å². The average Bonchev–Trinajstić information content (AvgIpc) is 2.74. The van der Waals surface area contributed by atoms with Gasteiger partial charge in [-0.3, -0.25) is 14.5 Å². The fourth-order valence-electron chi connectivity index (χ4n) is 3.01. The lowest BCUT2D eigenvalue weighted by Crippen LogP contribution is -2.39. The summed E-state index contributed by atoms with van der Waals surface area (Å²) in [7, 11) is 0.762. The first kappa shape index (κ1) is 23.9. The molecule has 0 aliphatic carbocycles. The summed E-state index contributed by atoms with van der Waals surface area (Å²) in [5.74, 6) is 0.0767. The summed E-state index contributed by atoms with van der Waals surface area (Å²) >= 11 is 6.06. The van der Waals surface area contributed by atoms with E-state index >= 15 is 0 Å². The Morgan fingerprint density at radius 1 is 1.19 bits per heavy atom. The number of likely N-dealkylation sites (N-methyl/N-ethyl adjacent to an activating group) is 1. The predicted octanol–water partition coefficient (Wildman–Crippen LogP) is 2.29. The third-order valence-corrected chi connectivity index (χ3v) is 7.36. The third kappa shape index (κ3) is 4.99. The molecule has 11 heteroatoms. The minimum absolute atomic E-state index is 0.0631. The summed E-state index contributed by atoms with van der Waals surface area (Å²) in [5.41, 5.74) is 0.636. The summed E-state index contributed by atoms with van der Waals surface area (Å²) in [4.78, 5) is 33.8. The van der Waals surface area contributed by atoms with Crippen LogP contribution in [0.3, 0.4) is 0 Å². The number of aromatic nitrogens is 2. The van der Waals surface area contributed by atoms with E-state index in [2.05, 4.69) is 15.3 Å². The molecule has 0 unspecified atom stereocenters. The van der Waals surface area contributed by atoms with Crippen LogP contribution in [-0.2, 0) is 21.4 Å². The number of halogens is 1. The number of H-pyrrole nitrogens is 1. The second-order valence-corrected chi connectivity index (χ2v) is 10.1. The number of nitrogens with zero attached hydrogens (tertiary/aromatic N) is 3. The van der Waals surface area contributed by atoms with Crippen molar-refractivity contribution in [3.8, 4) is 0 Å². The highest BCUT2D eigenvalue weighted by Crippen LogP contribution is 2.27. The van der Waals surface area contributed by atoms with Crippen LogP contribution in [0.4, 0.5) is 5.69 Å². The lowest BCUT2D eigenvalue weighted by molar-refractivity contribution is -0.120. The zero-order chi connectivity index (χ0) is 23.6. The number of nitrogens with one attached hydrogen (secondary N) is 2. The summed E-state index contributed by atoms with van der Waals surface area (Å²) in [6.45, 7) is 1.93. The zero-order valence-electron chi connectivity index (χ0n) is 18.1. The monoisotopic (exact) mass is 477 g/mol. The number of para-hydroxylation sites is 1. The fraction of sp³-hybridized carbons (Fsp3) is 0.286. The van der Waals surface area contributed by atoms with E-state index in [1.165, 1.54) is 32.3 Å². The first-order chi connectivity index (χ1) is 15.0. The lowest BCUT2D eigenvalue weighted by Gasteiger charge is -2.23. The molecule has 0 bridgehead atoms. The van der Waals surface area contributed by atoms with Crippen molar-refractivity contribution in [3.05, 3.63) is 63.7 Å². The van der Waals surface area contributed by atoms with Crippen LogP contribution >= 0.6 is 11.6 Å². The minimum Gasteiger partial charge on any atom is -0.325 e. The third-order valence-electron chi connectivity index (χ3n) is 5.06. The van der Waals surface area contributed by atoms with Crippen molar-refractivity contribution in [1.82, 2.24) is 19.2 Å². The molecule has 0 fully saturated rings. The number of anilines is 1. The number of amides is 1. The molecule has 9 nitrogen and oxygen atoms in total. The molecule has 1 heterocycles. The largest absolute Gasteiger partial charge is 0.325 e. The Labute approximate surface area is 191 Å². The molecule has 2 aromatic carbocycles. The molecule has 0 radical (unpaired) electrons. The Hall–Kier alpha value is -2.79. The van der Waals surface area contributed by atoms with Crippen LogP contribution in [0, 0.1) is 0 Å². The van der Waals surface area contributed by atoms with Crippen molar-refractivity contribution >= 4 is 44.1 Å². The molecule has 3 rings (SSSR count). The highest BCUT2D eigenvalue weighted by Gasteiger charge is 2.23.